The quantitative estimate of drug-likeness (QED) is 0.623. The zero-order valence-electron chi connectivity index (χ0n) is 12.3. The Morgan fingerprint density at radius 1 is 1.52 bits per heavy atom. The first-order chi connectivity index (χ1) is 9.82. The number of ether oxygens (including phenoxy) is 2. The molecule has 0 aromatic carbocycles. The molecule has 1 aromatic heterocycles. The van der Waals surface area contributed by atoms with E-state index < -0.39 is 22.5 Å². The van der Waals surface area contributed by atoms with E-state index in [1.807, 2.05) is 0 Å². The van der Waals surface area contributed by atoms with Crippen LogP contribution >= 0.6 is 0 Å². The number of nitrogens with two attached hydrogens (primary N) is 1. The maximum Gasteiger partial charge on any atom is 0.321 e. The van der Waals surface area contributed by atoms with Crippen LogP contribution in [0.25, 0.3) is 0 Å². The van der Waals surface area contributed by atoms with E-state index in [0.717, 1.165) is 4.31 Å². The highest BCUT2D eigenvalue weighted by molar-refractivity contribution is 7.89. The average molecular weight is 320 g/mol. The summed E-state index contributed by atoms with van der Waals surface area (Å²) in [5.74, 6) is -0.761. The molecule has 0 unspecified atom stereocenters. The van der Waals surface area contributed by atoms with E-state index in [1.54, 1.807) is 14.0 Å². The molecular formula is C11H20N4O5S. The number of esters is 1. The first-order valence-corrected chi connectivity index (χ1v) is 7.70. The third-order valence-electron chi connectivity index (χ3n) is 2.60. The number of nitrogens with zero attached hydrogens (tertiary/aromatic N) is 3. The van der Waals surface area contributed by atoms with Crippen molar-refractivity contribution in [3.05, 3.63) is 6.20 Å². The molecule has 0 radical (unpaired) electrons. The van der Waals surface area contributed by atoms with E-state index in [9.17, 15) is 13.2 Å². The number of carbonyl (C=O) groups is 1. The van der Waals surface area contributed by atoms with Crippen molar-refractivity contribution < 1.29 is 22.7 Å². The first-order valence-electron chi connectivity index (χ1n) is 6.26. The third kappa shape index (κ3) is 4.41. The topological polar surface area (TPSA) is 117 Å². The van der Waals surface area contributed by atoms with Crippen molar-refractivity contribution in [2.75, 3.05) is 39.1 Å². The van der Waals surface area contributed by atoms with Crippen LogP contribution in [0.15, 0.2) is 11.1 Å². The molecule has 0 aliphatic rings. The number of rotatable bonds is 8. The summed E-state index contributed by atoms with van der Waals surface area (Å²) in [4.78, 5) is 11.4. The largest absolute Gasteiger partial charge is 0.465 e. The minimum Gasteiger partial charge on any atom is -0.465 e. The van der Waals surface area contributed by atoms with E-state index in [4.69, 9.17) is 15.2 Å². The van der Waals surface area contributed by atoms with Gasteiger partial charge in [-0.05, 0) is 6.92 Å². The molecule has 0 saturated carbocycles. The standard InChI is InChI=1S/C11H20N4O5S/c1-4-20-10(16)8-15(5-6-19-3)21(17,18)9-7-14(2)13-11(9)12/h7H,4-6,8H2,1-3H3,(H2,12,13). The fourth-order valence-corrected chi connectivity index (χ4v) is 3.11. The van der Waals surface area contributed by atoms with Crippen molar-refractivity contribution in [3.8, 4) is 0 Å². The Morgan fingerprint density at radius 3 is 2.67 bits per heavy atom. The van der Waals surface area contributed by atoms with Crippen molar-refractivity contribution in [2.45, 2.75) is 11.8 Å². The molecule has 10 heteroatoms. The Hall–Kier alpha value is -1.65. The predicted molar refractivity (Wildman–Crippen MR) is 74.9 cm³/mol. The molecule has 2 N–H and O–H groups in total. The van der Waals surface area contributed by atoms with Crippen molar-refractivity contribution >= 4 is 21.8 Å². The highest BCUT2D eigenvalue weighted by Crippen LogP contribution is 2.20. The smallest absolute Gasteiger partial charge is 0.321 e. The zero-order chi connectivity index (χ0) is 16.0. The summed E-state index contributed by atoms with van der Waals surface area (Å²) in [5.41, 5.74) is 5.60. The SMILES string of the molecule is CCOC(=O)CN(CCOC)S(=O)(=O)c1cn(C)nc1N. The lowest BCUT2D eigenvalue weighted by Gasteiger charge is -2.20. The highest BCUT2D eigenvalue weighted by atomic mass is 32.2. The molecule has 0 atom stereocenters. The molecule has 120 valence electrons. The summed E-state index contributed by atoms with van der Waals surface area (Å²) < 4.78 is 37.0. The second-order valence-electron chi connectivity index (χ2n) is 4.19. The number of sulfonamides is 1. The lowest BCUT2D eigenvalue weighted by Crippen LogP contribution is -2.38. The van der Waals surface area contributed by atoms with Crippen LogP contribution in [0, 0.1) is 0 Å². The van der Waals surface area contributed by atoms with Gasteiger partial charge in [-0.15, -0.1) is 0 Å². The van der Waals surface area contributed by atoms with Crippen LogP contribution in [-0.2, 0) is 31.3 Å². The first kappa shape index (κ1) is 17.4. The van der Waals surface area contributed by atoms with Gasteiger partial charge in [0.2, 0.25) is 10.0 Å². The van der Waals surface area contributed by atoms with Gasteiger partial charge in [0.15, 0.2) is 5.82 Å². The predicted octanol–water partition coefficient (Wildman–Crippen LogP) is -0.797. The number of aromatic nitrogens is 2. The van der Waals surface area contributed by atoms with Crippen molar-refractivity contribution in [1.29, 1.82) is 0 Å². The molecule has 21 heavy (non-hydrogen) atoms. The molecule has 0 fully saturated rings. The fourth-order valence-electron chi connectivity index (χ4n) is 1.65. The normalized spacial score (nSPS) is 11.8. The molecule has 1 rings (SSSR count). The summed E-state index contributed by atoms with van der Waals surface area (Å²) in [5, 5.41) is 3.80. The van der Waals surface area contributed by atoms with Crippen LogP contribution in [0.5, 0.6) is 0 Å². The van der Waals surface area contributed by atoms with Gasteiger partial charge in [0.05, 0.1) is 13.2 Å². The maximum absolute atomic E-state index is 12.5. The molecule has 9 nitrogen and oxygen atoms in total. The molecular weight excluding hydrogens is 300 g/mol. The Balaban J connectivity index is 3.05. The Kier molecular flexibility index (Phi) is 6.12. The maximum atomic E-state index is 12.5. The fraction of sp³-hybridized carbons (Fsp3) is 0.636. The van der Waals surface area contributed by atoms with Crippen LogP contribution in [0.4, 0.5) is 5.82 Å². The molecule has 0 amide bonds. The van der Waals surface area contributed by atoms with Gasteiger partial charge in [-0.25, -0.2) is 8.42 Å². The van der Waals surface area contributed by atoms with E-state index in [1.165, 1.54) is 18.0 Å². The zero-order valence-corrected chi connectivity index (χ0v) is 13.1. The van der Waals surface area contributed by atoms with E-state index in [2.05, 4.69) is 5.10 Å². The number of nitrogen functional groups attached to an aromatic ring is 1. The van der Waals surface area contributed by atoms with E-state index >= 15 is 0 Å². The summed E-state index contributed by atoms with van der Waals surface area (Å²) in [6, 6.07) is 0. The van der Waals surface area contributed by atoms with E-state index in [-0.39, 0.29) is 30.5 Å². The van der Waals surface area contributed by atoms with Crippen molar-refractivity contribution in [3.63, 3.8) is 0 Å². The van der Waals surface area contributed by atoms with Crippen LogP contribution in [-0.4, -0.2) is 61.9 Å². The Bertz CT molecular complexity index is 583. The van der Waals surface area contributed by atoms with Gasteiger partial charge in [0.25, 0.3) is 0 Å². The number of anilines is 1. The minimum absolute atomic E-state index is 0.00593. The number of hydrogen-bond donors (Lipinski definition) is 1. The van der Waals surface area contributed by atoms with Crippen LogP contribution in [0.2, 0.25) is 0 Å². The van der Waals surface area contributed by atoms with Crippen molar-refractivity contribution in [1.82, 2.24) is 14.1 Å². The summed E-state index contributed by atoms with van der Waals surface area (Å²) in [7, 11) is -0.958. The lowest BCUT2D eigenvalue weighted by atomic mass is 10.6. The molecule has 1 aromatic rings. The second-order valence-corrected chi connectivity index (χ2v) is 6.10. The van der Waals surface area contributed by atoms with Gasteiger partial charge in [0.1, 0.15) is 11.4 Å². The summed E-state index contributed by atoms with van der Waals surface area (Å²) >= 11 is 0. The van der Waals surface area contributed by atoms with Crippen LogP contribution < -0.4 is 5.73 Å². The molecule has 1 heterocycles. The van der Waals surface area contributed by atoms with Gasteiger partial charge in [0, 0.05) is 26.9 Å². The molecule has 0 aliphatic heterocycles. The molecule has 0 saturated heterocycles. The van der Waals surface area contributed by atoms with Gasteiger partial charge < -0.3 is 15.2 Å². The minimum atomic E-state index is -3.95. The van der Waals surface area contributed by atoms with Gasteiger partial charge in [-0.1, -0.05) is 0 Å². The number of carbonyl (C=O) groups excluding carboxylic acids is 1. The molecule has 0 bridgehead atoms. The Morgan fingerprint density at radius 2 is 2.19 bits per heavy atom. The molecule has 0 aliphatic carbocycles. The van der Waals surface area contributed by atoms with Gasteiger partial charge in [-0.2, -0.15) is 9.40 Å². The lowest BCUT2D eigenvalue weighted by molar-refractivity contribution is -0.143. The Labute approximate surface area is 123 Å². The average Bonchev–Trinajstić information content (AvgIpc) is 2.74. The number of hydrogen-bond acceptors (Lipinski definition) is 7. The van der Waals surface area contributed by atoms with Gasteiger partial charge in [-0.3, -0.25) is 9.48 Å². The van der Waals surface area contributed by atoms with E-state index in [0.29, 0.717) is 0 Å². The van der Waals surface area contributed by atoms with Crippen molar-refractivity contribution in [2.24, 2.45) is 7.05 Å². The van der Waals surface area contributed by atoms with Gasteiger partial charge >= 0.3 is 5.97 Å². The monoisotopic (exact) mass is 320 g/mol. The second kappa shape index (κ2) is 7.38. The molecule has 0 spiro atoms. The summed E-state index contributed by atoms with van der Waals surface area (Å²) in [6.45, 7) is 1.55. The van der Waals surface area contributed by atoms with Crippen LogP contribution in [0.3, 0.4) is 0 Å². The number of methoxy groups -OCH3 is 1. The highest BCUT2D eigenvalue weighted by Gasteiger charge is 2.30. The summed E-state index contributed by atoms with van der Waals surface area (Å²) in [6.07, 6.45) is 1.29. The number of aryl methyl sites for hydroxylation is 1. The van der Waals surface area contributed by atoms with Crippen LogP contribution in [0.1, 0.15) is 6.92 Å². The third-order valence-corrected chi connectivity index (χ3v) is 4.46.